The number of hydrogen-bond donors (Lipinski definition) is 0. The Kier molecular flexibility index (Phi) is 5.48. The molecule has 8 nitrogen and oxygen atoms in total. The molecule has 0 amide bonds. The van der Waals surface area contributed by atoms with Gasteiger partial charge in [-0.05, 0) is 6.42 Å². The topological polar surface area (TPSA) is 94.2 Å². The number of rotatable bonds is 6. The van der Waals surface area contributed by atoms with E-state index in [0.29, 0.717) is 6.42 Å². The fourth-order valence-electron chi connectivity index (χ4n) is 1.79. The molecule has 0 aromatic carbocycles. The minimum absolute atomic E-state index is 0.00228. The van der Waals surface area contributed by atoms with Crippen LogP contribution in [0.1, 0.15) is 19.8 Å². The van der Waals surface area contributed by atoms with Crippen LogP contribution in [0, 0.1) is 17.9 Å². The smallest absolute Gasteiger partial charge is 0.315 e. The van der Waals surface area contributed by atoms with Crippen LogP contribution in [-0.4, -0.2) is 20.2 Å². The standard InChI is InChI=1S/C12H15N5O3/c1-3-7-15-10(18)16(8-4-5-13)12(20)17(11(15)19)9-6-14-2/h3-4,6-9H2,1H3. The third kappa shape index (κ3) is 3.04. The van der Waals surface area contributed by atoms with Crippen LogP contribution in [0.2, 0.25) is 0 Å². The molecule has 8 heteroatoms. The summed E-state index contributed by atoms with van der Waals surface area (Å²) in [5.41, 5.74) is -2.15. The van der Waals surface area contributed by atoms with Gasteiger partial charge in [-0.1, -0.05) is 6.92 Å². The maximum absolute atomic E-state index is 12.1. The predicted octanol–water partition coefficient (Wildman–Crippen LogP) is -0.585. The van der Waals surface area contributed by atoms with E-state index in [9.17, 15) is 14.4 Å². The Morgan fingerprint density at radius 3 is 2.00 bits per heavy atom. The molecule has 0 saturated carbocycles. The van der Waals surface area contributed by atoms with Crippen LogP contribution >= 0.6 is 0 Å². The molecule has 1 heterocycles. The van der Waals surface area contributed by atoms with Crippen molar-refractivity contribution in [3.63, 3.8) is 0 Å². The summed E-state index contributed by atoms with van der Waals surface area (Å²) in [6.07, 6.45) is 0.566. The molecule has 106 valence electrons. The Balaban J connectivity index is 3.53. The summed E-state index contributed by atoms with van der Waals surface area (Å²) in [4.78, 5) is 39.3. The quantitative estimate of drug-likeness (QED) is 0.650. The molecule has 0 spiro atoms. The molecule has 20 heavy (non-hydrogen) atoms. The molecule has 0 aliphatic carbocycles. The summed E-state index contributed by atoms with van der Waals surface area (Å²) < 4.78 is 2.74. The Labute approximate surface area is 114 Å². The van der Waals surface area contributed by atoms with Crippen molar-refractivity contribution < 1.29 is 0 Å². The zero-order valence-electron chi connectivity index (χ0n) is 11.2. The van der Waals surface area contributed by atoms with E-state index in [2.05, 4.69) is 4.85 Å². The summed E-state index contributed by atoms with van der Waals surface area (Å²) in [6, 6.07) is 1.86. The van der Waals surface area contributed by atoms with E-state index < -0.39 is 17.1 Å². The summed E-state index contributed by atoms with van der Waals surface area (Å²) >= 11 is 0. The monoisotopic (exact) mass is 277 g/mol. The second kappa shape index (κ2) is 7.10. The van der Waals surface area contributed by atoms with E-state index in [0.717, 1.165) is 13.7 Å². The van der Waals surface area contributed by atoms with E-state index >= 15 is 0 Å². The summed E-state index contributed by atoms with van der Waals surface area (Å²) in [5, 5.41) is 8.56. The van der Waals surface area contributed by atoms with Crippen LogP contribution in [-0.2, 0) is 19.6 Å². The molecule has 0 fully saturated rings. The fraction of sp³-hybridized carbons (Fsp3) is 0.583. The van der Waals surface area contributed by atoms with Gasteiger partial charge in [0.05, 0.1) is 12.5 Å². The molecule has 1 rings (SSSR count). The molecular weight excluding hydrogens is 262 g/mol. The molecule has 1 aromatic rings. The number of nitriles is 1. The minimum atomic E-state index is -0.758. The van der Waals surface area contributed by atoms with Gasteiger partial charge in [-0.15, -0.1) is 0 Å². The summed E-state index contributed by atoms with van der Waals surface area (Å²) in [6.45, 7) is 8.59. The second-order valence-corrected chi connectivity index (χ2v) is 4.09. The largest absolute Gasteiger partial charge is 0.336 e. The number of nitrogens with zero attached hydrogens (tertiary/aromatic N) is 5. The van der Waals surface area contributed by atoms with Gasteiger partial charge in [-0.2, -0.15) is 5.26 Å². The minimum Gasteiger partial charge on any atom is -0.315 e. The lowest BCUT2D eigenvalue weighted by Crippen LogP contribution is -2.54. The van der Waals surface area contributed by atoms with Crippen molar-refractivity contribution in [2.24, 2.45) is 0 Å². The van der Waals surface area contributed by atoms with Gasteiger partial charge in [-0.3, -0.25) is 0 Å². The fourth-order valence-corrected chi connectivity index (χ4v) is 1.79. The van der Waals surface area contributed by atoms with Gasteiger partial charge in [0.15, 0.2) is 0 Å². The Morgan fingerprint density at radius 2 is 1.55 bits per heavy atom. The van der Waals surface area contributed by atoms with Gasteiger partial charge in [0.1, 0.15) is 6.54 Å². The Morgan fingerprint density at radius 1 is 1.05 bits per heavy atom. The van der Waals surface area contributed by atoms with Crippen molar-refractivity contribution in [2.45, 2.75) is 39.4 Å². The first-order valence-electron chi connectivity index (χ1n) is 6.23. The Bertz CT molecular complexity index is 670. The van der Waals surface area contributed by atoms with E-state index in [-0.39, 0.29) is 32.6 Å². The molecule has 1 aromatic heterocycles. The van der Waals surface area contributed by atoms with Crippen LogP contribution in [0.15, 0.2) is 14.4 Å². The summed E-state index contributed by atoms with van der Waals surface area (Å²) in [5.74, 6) is 0. The van der Waals surface area contributed by atoms with Crippen LogP contribution < -0.4 is 17.1 Å². The lowest BCUT2D eigenvalue weighted by Gasteiger charge is -2.11. The predicted molar refractivity (Wildman–Crippen MR) is 71.2 cm³/mol. The van der Waals surface area contributed by atoms with Gasteiger partial charge in [-0.25, -0.2) is 34.7 Å². The molecule has 0 unspecified atom stereocenters. The van der Waals surface area contributed by atoms with Crippen LogP contribution in [0.25, 0.3) is 4.85 Å². The normalized spacial score (nSPS) is 9.95. The zero-order chi connectivity index (χ0) is 15.1. The SMILES string of the molecule is [C-]#[N+]CCn1c(=O)n(CCC)c(=O)n(CCC#N)c1=O. The average molecular weight is 277 g/mol. The average Bonchev–Trinajstić information content (AvgIpc) is 2.43. The van der Waals surface area contributed by atoms with E-state index in [4.69, 9.17) is 11.8 Å². The van der Waals surface area contributed by atoms with E-state index in [1.807, 2.05) is 6.07 Å². The van der Waals surface area contributed by atoms with Gasteiger partial charge in [0.25, 0.3) is 0 Å². The van der Waals surface area contributed by atoms with Crippen molar-refractivity contribution in [3.05, 3.63) is 42.9 Å². The van der Waals surface area contributed by atoms with Crippen molar-refractivity contribution in [1.82, 2.24) is 13.7 Å². The third-order valence-electron chi connectivity index (χ3n) is 2.72. The highest BCUT2D eigenvalue weighted by atomic mass is 16.2. The molecule has 0 atom stereocenters. The van der Waals surface area contributed by atoms with Crippen molar-refractivity contribution in [1.29, 1.82) is 5.26 Å². The molecule has 0 bridgehead atoms. The zero-order valence-corrected chi connectivity index (χ0v) is 11.2. The van der Waals surface area contributed by atoms with Crippen LogP contribution in [0.5, 0.6) is 0 Å². The molecule has 0 aliphatic heterocycles. The van der Waals surface area contributed by atoms with Crippen molar-refractivity contribution in [3.8, 4) is 6.07 Å². The molecular formula is C12H15N5O3. The second-order valence-electron chi connectivity index (χ2n) is 4.09. The van der Waals surface area contributed by atoms with Gasteiger partial charge >= 0.3 is 17.1 Å². The van der Waals surface area contributed by atoms with Crippen LogP contribution in [0.3, 0.4) is 0 Å². The van der Waals surface area contributed by atoms with E-state index in [1.54, 1.807) is 6.92 Å². The number of aromatic nitrogens is 3. The molecule has 0 saturated heterocycles. The van der Waals surface area contributed by atoms with Gasteiger partial charge < -0.3 is 4.85 Å². The van der Waals surface area contributed by atoms with Gasteiger partial charge in [0, 0.05) is 13.1 Å². The highest BCUT2D eigenvalue weighted by Crippen LogP contribution is 1.84. The Hall–Kier alpha value is -2.61. The first kappa shape index (κ1) is 15.4. The molecule has 0 aliphatic rings. The molecule has 0 N–H and O–H groups in total. The molecule has 0 radical (unpaired) electrons. The maximum Gasteiger partial charge on any atom is 0.336 e. The maximum atomic E-state index is 12.1. The van der Waals surface area contributed by atoms with Crippen molar-refractivity contribution >= 4 is 0 Å². The third-order valence-corrected chi connectivity index (χ3v) is 2.72. The highest BCUT2D eigenvalue weighted by Gasteiger charge is 2.15. The van der Waals surface area contributed by atoms with Crippen LogP contribution in [0.4, 0.5) is 0 Å². The van der Waals surface area contributed by atoms with Gasteiger partial charge in [0.2, 0.25) is 6.54 Å². The first-order chi connectivity index (χ1) is 9.58. The van der Waals surface area contributed by atoms with Crippen molar-refractivity contribution in [2.75, 3.05) is 6.54 Å². The van der Waals surface area contributed by atoms with E-state index in [1.165, 1.54) is 0 Å². The lowest BCUT2D eigenvalue weighted by atomic mass is 10.4. The lowest BCUT2D eigenvalue weighted by molar-refractivity contribution is 0.451. The summed E-state index contributed by atoms with van der Waals surface area (Å²) in [7, 11) is 0. The highest BCUT2D eigenvalue weighted by molar-refractivity contribution is 4.82. The first-order valence-corrected chi connectivity index (χ1v) is 6.23. The number of hydrogen-bond acceptors (Lipinski definition) is 4.